The summed E-state index contributed by atoms with van der Waals surface area (Å²) in [6.07, 6.45) is -0.473. The van der Waals surface area contributed by atoms with Crippen LogP contribution in [0.2, 0.25) is 0 Å². The van der Waals surface area contributed by atoms with Crippen molar-refractivity contribution < 1.29 is 9.53 Å². The molecule has 0 aliphatic rings. The van der Waals surface area contributed by atoms with Gasteiger partial charge in [0.15, 0.2) is 0 Å². The van der Waals surface area contributed by atoms with E-state index in [0.29, 0.717) is 10.3 Å². The minimum atomic E-state index is -0.517. The van der Waals surface area contributed by atoms with Gasteiger partial charge in [-0.1, -0.05) is 12.1 Å². The van der Waals surface area contributed by atoms with E-state index in [1.165, 1.54) is 0 Å². The molecule has 0 bridgehead atoms. The second-order valence-electron chi connectivity index (χ2n) is 5.31. The van der Waals surface area contributed by atoms with E-state index < -0.39 is 11.7 Å². The molecule has 0 saturated heterocycles. The molecule has 0 aliphatic carbocycles. The number of alkyl carbamates (subject to hydrolysis) is 1. The van der Waals surface area contributed by atoms with Crippen LogP contribution in [0.5, 0.6) is 0 Å². The van der Waals surface area contributed by atoms with Crippen LogP contribution in [0.3, 0.4) is 0 Å². The lowest BCUT2D eigenvalue weighted by molar-refractivity contribution is 0.0523. The van der Waals surface area contributed by atoms with Crippen LogP contribution in [0.4, 0.5) is 4.79 Å². The van der Waals surface area contributed by atoms with Crippen LogP contribution in [-0.2, 0) is 11.3 Å². The van der Waals surface area contributed by atoms with Gasteiger partial charge < -0.3 is 10.1 Å². The summed E-state index contributed by atoms with van der Waals surface area (Å²) in [6, 6.07) is 7.57. The van der Waals surface area contributed by atoms with E-state index in [4.69, 9.17) is 4.74 Å². The molecule has 2 aromatic rings. The first kappa shape index (κ1) is 14.7. The summed E-state index contributed by atoms with van der Waals surface area (Å²) in [7, 11) is 0. The van der Waals surface area contributed by atoms with Crippen molar-refractivity contribution in [2.24, 2.45) is 0 Å². The number of benzene rings is 1. The van der Waals surface area contributed by atoms with Gasteiger partial charge in [0, 0.05) is 0 Å². The van der Waals surface area contributed by atoms with Crippen LogP contribution in [0.25, 0.3) is 11.0 Å². The van der Waals surface area contributed by atoms with Gasteiger partial charge in [0.25, 0.3) is 0 Å². The van der Waals surface area contributed by atoms with E-state index in [9.17, 15) is 4.79 Å². The maximum absolute atomic E-state index is 11.6. The van der Waals surface area contributed by atoms with E-state index in [2.05, 4.69) is 31.2 Å². The lowest BCUT2D eigenvalue weighted by Gasteiger charge is -2.19. The third-order valence-electron chi connectivity index (χ3n) is 2.39. The number of aromatic nitrogens is 2. The van der Waals surface area contributed by atoms with Gasteiger partial charge in [-0.15, -0.1) is 0 Å². The summed E-state index contributed by atoms with van der Waals surface area (Å²) in [6.45, 7) is 5.71. The van der Waals surface area contributed by atoms with Gasteiger partial charge in [-0.05, 0) is 48.8 Å². The fraction of sp³-hybridized carbons (Fsp3) is 0.357. The Balaban J connectivity index is 2.10. The SMILES string of the molecule is CC(C)(C)OC(=O)NCc1nc2ccccc2nc1Br. The zero-order valence-corrected chi connectivity index (χ0v) is 13.2. The van der Waals surface area contributed by atoms with E-state index in [0.717, 1.165) is 11.0 Å². The second-order valence-corrected chi connectivity index (χ2v) is 6.06. The minimum Gasteiger partial charge on any atom is -0.444 e. The molecule has 0 aliphatic heterocycles. The molecule has 1 heterocycles. The Morgan fingerprint density at radius 3 is 2.45 bits per heavy atom. The van der Waals surface area contributed by atoms with Crippen molar-refractivity contribution in [2.75, 3.05) is 0 Å². The first-order chi connectivity index (χ1) is 9.35. The summed E-state index contributed by atoms with van der Waals surface area (Å²) in [4.78, 5) is 20.5. The molecule has 1 aromatic carbocycles. The summed E-state index contributed by atoms with van der Waals surface area (Å²) >= 11 is 3.36. The molecular formula is C14H16BrN3O2. The molecule has 1 aromatic heterocycles. The van der Waals surface area contributed by atoms with Crippen molar-refractivity contribution in [1.29, 1.82) is 0 Å². The summed E-state index contributed by atoms with van der Waals surface area (Å²) in [5.41, 5.74) is 1.74. The highest BCUT2D eigenvalue weighted by Gasteiger charge is 2.16. The van der Waals surface area contributed by atoms with Crippen molar-refractivity contribution in [1.82, 2.24) is 15.3 Å². The van der Waals surface area contributed by atoms with Crippen molar-refractivity contribution in [3.63, 3.8) is 0 Å². The Labute approximate surface area is 125 Å². The number of carbonyl (C=O) groups is 1. The zero-order chi connectivity index (χ0) is 14.8. The number of nitrogens with zero attached hydrogens (tertiary/aromatic N) is 2. The molecule has 2 rings (SSSR count). The number of hydrogen-bond acceptors (Lipinski definition) is 4. The van der Waals surface area contributed by atoms with E-state index in [1.807, 2.05) is 45.0 Å². The Kier molecular flexibility index (Phi) is 4.23. The lowest BCUT2D eigenvalue weighted by Crippen LogP contribution is -2.32. The first-order valence-corrected chi connectivity index (χ1v) is 7.02. The molecule has 1 N–H and O–H groups in total. The summed E-state index contributed by atoms with van der Waals surface area (Å²) < 4.78 is 5.79. The second kappa shape index (κ2) is 5.75. The monoisotopic (exact) mass is 337 g/mol. The number of carbonyl (C=O) groups excluding carboxylic acids is 1. The number of halogens is 1. The zero-order valence-electron chi connectivity index (χ0n) is 11.6. The molecule has 106 valence electrons. The van der Waals surface area contributed by atoms with Crippen LogP contribution in [-0.4, -0.2) is 21.7 Å². The number of fused-ring (bicyclic) bond motifs is 1. The van der Waals surface area contributed by atoms with Gasteiger partial charge in [-0.25, -0.2) is 14.8 Å². The summed E-state index contributed by atoms with van der Waals surface area (Å²) in [5, 5.41) is 2.67. The molecule has 0 atom stereocenters. The Morgan fingerprint density at radius 1 is 1.25 bits per heavy atom. The first-order valence-electron chi connectivity index (χ1n) is 6.23. The number of rotatable bonds is 2. The number of para-hydroxylation sites is 2. The predicted octanol–water partition coefficient (Wildman–Crippen LogP) is 3.42. The Morgan fingerprint density at radius 2 is 1.85 bits per heavy atom. The highest BCUT2D eigenvalue weighted by Crippen LogP contribution is 2.17. The van der Waals surface area contributed by atoms with Crippen LogP contribution in [0.1, 0.15) is 26.5 Å². The van der Waals surface area contributed by atoms with Crippen molar-refractivity contribution in [3.8, 4) is 0 Å². The van der Waals surface area contributed by atoms with Gasteiger partial charge in [0.1, 0.15) is 10.2 Å². The van der Waals surface area contributed by atoms with Crippen LogP contribution >= 0.6 is 15.9 Å². The number of amides is 1. The number of ether oxygens (including phenoxy) is 1. The van der Waals surface area contributed by atoms with Crippen LogP contribution in [0.15, 0.2) is 28.9 Å². The van der Waals surface area contributed by atoms with E-state index >= 15 is 0 Å². The standard InChI is InChI=1S/C14H16BrN3O2/c1-14(2,3)20-13(19)16-8-11-12(15)18-10-7-5-4-6-9(10)17-11/h4-7H,8H2,1-3H3,(H,16,19). The van der Waals surface area contributed by atoms with E-state index in [1.54, 1.807) is 0 Å². The van der Waals surface area contributed by atoms with Gasteiger partial charge in [-0.3, -0.25) is 0 Å². The lowest BCUT2D eigenvalue weighted by atomic mass is 10.2. The van der Waals surface area contributed by atoms with Gasteiger partial charge in [-0.2, -0.15) is 0 Å². The normalized spacial score (nSPS) is 11.4. The van der Waals surface area contributed by atoms with E-state index in [-0.39, 0.29) is 6.54 Å². The third-order valence-corrected chi connectivity index (χ3v) is 3.03. The largest absolute Gasteiger partial charge is 0.444 e. The van der Waals surface area contributed by atoms with Gasteiger partial charge in [0.2, 0.25) is 0 Å². The third kappa shape index (κ3) is 3.90. The smallest absolute Gasteiger partial charge is 0.407 e. The van der Waals surface area contributed by atoms with Gasteiger partial charge in [0.05, 0.1) is 23.3 Å². The predicted molar refractivity (Wildman–Crippen MR) is 80.3 cm³/mol. The Hall–Kier alpha value is -1.69. The molecule has 1 amide bonds. The molecular weight excluding hydrogens is 322 g/mol. The Bertz CT molecular complexity index is 638. The van der Waals surface area contributed by atoms with Crippen LogP contribution < -0.4 is 5.32 Å². The van der Waals surface area contributed by atoms with Gasteiger partial charge >= 0.3 is 6.09 Å². The molecule has 0 saturated carbocycles. The van der Waals surface area contributed by atoms with Crippen molar-refractivity contribution in [3.05, 3.63) is 34.6 Å². The molecule has 0 fully saturated rings. The fourth-order valence-corrected chi connectivity index (χ4v) is 2.02. The average molecular weight is 338 g/mol. The highest BCUT2D eigenvalue weighted by molar-refractivity contribution is 9.10. The molecule has 0 spiro atoms. The maximum Gasteiger partial charge on any atom is 0.407 e. The number of nitrogens with one attached hydrogen (secondary N) is 1. The van der Waals surface area contributed by atoms with Crippen molar-refractivity contribution in [2.45, 2.75) is 32.9 Å². The molecule has 20 heavy (non-hydrogen) atoms. The van der Waals surface area contributed by atoms with Crippen LogP contribution in [0, 0.1) is 0 Å². The molecule has 5 nitrogen and oxygen atoms in total. The quantitative estimate of drug-likeness (QED) is 0.911. The molecule has 0 unspecified atom stereocenters. The fourth-order valence-electron chi connectivity index (χ4n) is 1.60. The maximum atomic E-state index is 11.6. The topological polar surface area (TPSA) is 64.1 Å². The minimum absolute atomic E-state index is 0.257. The highest BCUT2D eigenvalue weighted by atomic mass is 79.9. The number of hydrogen-bond donors (Lipinski definition) is 1. The average Bonchev–Trinajstić information content (AvgIpc) is 2.34. The molecule has 0 radical (unpaired) electrons. The summed E-state index contributed by atoms with van der Waals surface area (Å²) in [5.74, 6) is 0. The molecule has 6 heteroatoms. The van der Waals surface area contributed by atoms with Crippen molar-refractivity contribution >= 4 is 33.1 Å².